The van der Waals surface area contributed by atoms with Crippen molar-refractivity contribution in [2.45, 2.75) is 6.92 Å². The van der Waals surface area contributed by atoms with E-state index in [0.29, 0.717) is 11.9 Å². The first-order valence-corrected chi connectivity index (χ1v) is 7.44. The lowest BCUT2D eigenvalue weighted by molar-refractivity contribution is 0.102. The molecular formula is C18H14F2N4O. The molecule has 0 radical (unpaired) electrons. The van der Waals surface area contributed by atoms with Gasteiger partial charge in [0.1, 0.15) is 23.1 Å². The van der Waals surface area contributed by atoms with Crippen LogP contribution in [-0.2, 0) is 0 Å². The number of carbonyl (C=O) groups is 1. The normalized spacial score (nSPS) is 10.4. The predicted molar refractivity (Wildman–Crippen MR) is 90.8 cm³/mol. The fourth-order valence-electron chi connectivity index (χ4n) is 2.14. The van der Waals surface area contributed by atoms with Crippen molar-refractivity contribution in [3.8, 4) is 0 Å². The van der Waals surface area contributed by atoms with E-state index in [-0.39, 0.29) is 11.4 Å². The van der Waals surface area contributed by atoms with Crippen molar-refractivity contribution >= 4 is 23.1 Å². The Balaban J connectivity index is 1.71. The molecule has 0 saturated carbocycles. The number of halogens is 2. The van der Waals surface area contributed by atoms with Gasteiger partial charge in [0.2, 0.25) is 0 Å². The number of hydrogen-bond donors (Lipinski definition) is 2. The zero-order valence-corrected chi connectivity index (χ0v) is 13.3. The van der Waals surface area contributed by atoms with E-state index in [1.165, 1.54) is 12.4 Å². The van der Waals surface area contributed by atoms with Crippen molar-refractivity contribution in [2.24, 2.45) is 0 Å². The van der Waals surface area contributed by atoms with Crippen LogP contribution >= 0.6 is 0 Å². The Morgan fingerprint density at radius 1 is 1.00 bits per heavy atom. The molecule has 1 heterocycles. The molecule has 0 saturated heterocycles. The van der Waals surface area contributed by atoms with Gasteiger partial charge in [0, 0.05) is 11.8 Å². The highest BCUT2D eigenvalue weighted by Gasteiger charge is 2.12. The summed E-state index contributed by atoms with van der Waals surface area (Å²) in [4.78, 5) is 20.2. The number of para-hydroxylation sites is 1. The lowest BCUT2D eigenvalue weighted by Crippen LogP contribution is -2.15. The molecule has 2 N–H and O–H groups in total. The summed E-state index contributed by atoms with van der Waals surface area (Å²) < 4.78 is 26.4. The van der Waals surface area contributed by atoms with Crippen LogP contribution in [0.25, 0.3) is 0 Å². The van der Waals surface area contributed by atoms with E-state index in [0.717, 1.165) is 23.4 Å². The molecule has 5 nitrogen and oxygen atoms in total. The van der Waals surface area contributed by atoms with Gasteiger partial charge in [-0.2, -0.15) is 0 Å². The number of aryl methyl sites for hydroxylation is 1. The monoisotopic (exact) mass is 340 g/mol. The van der Waals surface area contributed by atoms with Gasteiger partial charge in [-0.25, -0.2) is 18.7 Å². The molecule has 0 bridgehead atoms. The first-order chi connectivity index (χ1) is 12.0. The second kappa shape index (κ2) is 7.04. The van der Waals surface area contributed by atoms with Crippen LogP contribution in [-0.4, -0.2) is 15.9 Å². The van der Waals surface area contributed by atoms with Crippen LogP contribution < -0.4 is 10.6 Å². The lowest BCUT2D eigenvalue weighted by Gasteiger charge is -2.09. The molecule has 0 atom stereocenters. The van der Waals surface area contributed by atoms with Gasteiger partial charge in [-0.15, -0.1) is 0 Å². The lowest BCUT2D eigenvalue weighted by atomic mass is 10.2. The summed E-state index contributed by atoms with van der Waals surface area (Å²) in [5.41, 5.74) is 1.80. The van der Waals surface area contributed by atoms with Gasteiger partial charge in [-0.05, 0) is 30.7 Å². The van der Waals surface area contributed by atoms with Crippen molar-refractivity contribution < 1.29 is 13.6 Å². The number of amides is 1. The number of benzene rings is 2. The third kappa shape index (κ3) is 3.95. The minimum absolute atomic E-state index is 0.0130. The molecule has 25 heavy (non-hydrogen) atoms. The third-order valence-corrected chi connectivity index (χ3v) is 3.47. The van der Waals surface area contributed by atoms with Gasteiger partial charge >= 0.3 is 0 Å². The number of nitrogens with zero attached hydrogens (tertiary/aromatic N) is 2. The molecule has 0 aliphatic rings. The quantitative estimate of drug-likeness (QED) is 0.752. The Morgan fingerprint density at radius 2 is 1.80 bits per heavy atom. The van der Waals surface area contributed by atoms with Gasteiger partial charge < -0.3 is 10.6 Å². The first-order valence-electron chi connectivity index (χ1n) is 7.44. The van der Waals surface area contributed by atoms with Crippen LogP contribution in [0.3, 0.4) is 0 Å². The van der Waals surface area contributed by atoms with Gasteiger partial charge in [-0.1, -0.05) is 18.2 Å². The fraction of sp³-hybridized carbons (Fsp3) is 0.0556. The van der Waals surface area contributed by atoms with Crippen molar-refractivity contribution in [3.63, 3.8) is 0 Å². The SMILES string of the molecule is Cc1ccccc1Nc1cnc(C(=O)Nc2ccc(F)cc2F)cn1. The van der Waals surface area contributed by atoms with E-state index in [1.807, 2.05) is 31.2 Å². The largest absolute Gasteiger partial charge is 0.339 e. The molecule has 3 rings (SSSR count). The van der Waals surface area contributed by atoms with Gasteiger partial charge in [0.15, 0.2) is 0 Å². The van der Waals surface area contributed by atoms with Crippen LogP contribution in [0.5, 0.6) is 0 Å². The zero-order chi connectivity index (χ0) is 17.8. The number of anilines is 3. The predicted octanol–water partition coefficient (Wildman–Crippen LogP) is 4.06. The topological polar surface area (TPSA) is 66.9 Å². The number of carbonyl (C=O) groups excluding carboxylic acids is 1. The van der Waals surface area contributed by atoms with Gasteiger partial charge in [0.05, 0.1) is 18.1 Å². The molecular weight excluding hydrogens is 326 g/mol. The Labute approximate surface area is 142 Å². The molecule has 0 aliphatic heterocycles. The summed E-state index contributed by atoms with van der Waals surface area (Å²) in [6.07, 6.45) is 2.68. The van der Waals surface area contributed by atoms with Gasteiger partial charge in [-0.3, -0.25) is 4.79 Å². The minimum atomic E-state index is -0.862. The second-order valence-corrected chi connectivity index (χ2v) is 5.31. The van der Waals surface area contributed by atoms with E-state index in [1.54, 1.807) is 0 Å². The molecule has 7 heteroatoms. The van der Waals surface area contributed by atoms with E-state index in [4.69, 9.17) is 0 Å². The Bertz CT molecular complexity index is 913. The average molecular weight is 340 g/mol. The maximum Gasteiger partial charge on any atom is 0.275 e. The zero-order valence-electron chi connectivity index (χ0n) is 13.3. The Morgan fingerprint density at radius 3 is 2.48 bits per heavy atom. The van der Waals surface area contributed by atoms with E-state index < -0.39 is 17.5 Å². The second-order valence-electron chi connectivity index (χ2n) is 5.31. The number of hydrogen-bond acceptors (Lipinski definition) is 4. The van der Waals surface area contributed by atoms with E-state index >= 15 is 0 Å². The Kier molecular flexibility index (Phi) is 4.65. The average Bonchev–Trinajstić information content (AvgIpc) is 2.60. The summed E-state index contributed by atoms with van der Waals surface area (Å²) in [5, 5.41) is 5.42. The van der Waals surface area contributed by atoms with Crippen LogP contribution in [0.1, 0.15) is 16.1 Å². The Hall–Kier alpha value is -3.35. The molecule has 0 aliphatic carbocycles. The summed E-state index contributed by atoms with van der Waals surface area (Å²) in [7, 11) is 0. The summed E-state index contributed by atoms with van der Waals surface area (Å²) in [6, 6.07) is 10.6. The standard InChI is InChI=1S/C18H14F2N4O/c1-11-4-2-3-5-14(11)23-17-10-21-16(9-22-17)18(25)24-15-7-6-12(19)8-13(15)20/h2-10H,1H3,(H,22,23)(H,24,25). The van der Waals surface area contributed by atoms with Crippen LogP contribution in [0, 0.1) is 18.6 Å². The summed E-state index contributed by atoms with van der Waals surface area (Å²) in [6.45, 7) is 1.95. The van der Waals surface area contributed by atoms with Crippen LogP contribution in [0.2, 0.25) is 0 Å². The van der Waals surface area contributed by atoms with Crippen molar-refractivity contribution in [1.82, 2.24) is 9.97 Å². The highest BCUT2D eigenvalue weighted by atomic mass is 19.1. The first kappa shape index (κ1) is 16.5. The maximum absolute atomic E-state index is 13.6. The minimum Gasteiger partial charge on any atom is -0.339 e. The van der Waals surface area contributed by atoms with Crippen molar-refractivity contribution in [2.75, 3.05) is 10.6 Å². The highest BCUT2D eigenvalue weighted by molar-refractivity contribution is 6.02. The summed E-state index contributed by atoms with van der Waals surface area (Å²) >= 11 is 0. The molecule has 0 unspecified atom stereocenters. The molecule has 0 spiro atoms. The fourth-order valence-corrected chi connectivity index (χ4v) is 2.14. The molecule has 126 valence electrons. The molecule has 1 amide bonds. The number of aromatic nitrogens is 2. The van der Waals surface area contributed by atoms with Crippen LogP contribution in [0.15, 0.2) is 54.9 Å². The smallest absolute Gasteiger partial charge is 0.275 e. The third-order valence-electron chi connectivity index (χ3n) is 3.47. The van der Waals surface area contributed by atoms with Crippen LogP contribution in [0.4, 0.5) is 26.0 Å². The highest BCUT2D eigenvalue weighted by Crippen LogP contribution is 2.18. The van der Waals surface area contributed by atoms with E-state index in [2.05, 4.69) is 20.6 Å². The van der Waals surface area contributed by atoms with Crippen molar-refractivity contribution in [3.05, 3.63) is 77.8 Å². The maximum atomic E-state index is 13.6. The number of nitrogens with one attached hydrogen (secondary N) is 2. The van der Waals surface area contributed by atoms with E-state index in [9.17, 15) is 13.6 Å². The molecule has 0 fully saturated rings. The van der Waals surface area contributed by atoms with Crippen molar-refractivity contribution in [1.29, 1.82) is 0 Å². The van der Waals surface area contributed by atoms with Gasteiger partial charge in [0.25, 0.3) is 5.91 Å². The summed E-state index contributed by atoms with van der Waals surface area (Å²) in [5.74, 6) is -1.75. The molecule has 2 aromatic carbocycles. The molecule has 1 aromatic heterocycles. The molecule has 3 aromatic rings. The number of rotatable bonds is 4.